The molecule has 0 radical (unpaired) electrons. The fourth-order valence-corrected chi connectivity index (χ4v) is 5.99. The van der Waals surface area contributed by atoms with Gasteiger partial charge < -0.3 is 9.80 Å². The Labute approximate surface area is 257 Å². The van der Waals surface area contributed by atoms with Gasteiger partial charge in [-0.1, -0.05) is 91.0 Å². The van der Waals surface area contributed by atoms with E-state index >= 15 is 0 Å². The fraction of sp³-hybridized carbons (Fsp3) is 0.189. The number of carbonyl (C=O) groups excluding carboxylic acids is 1. The summed E-state index contributed by atoms with van der Waals surface area (Å²) in [5.41, 5.74) is 6.78. The van der Waals surface area contributed by atoms with Crippen LogP contribution in [0.1, 0.15) is 33.9 Å². The number of rotatable bonds is 6. The second kappa shape index (κ2) is 12.1. The summed E-state index contributed by atoms with van der Waals surface area (Å²) in [5.74, 6) is 1.71. The lowest BCUT2D eigenvalue weighted by Gasteiger charge is -2.24. The number of nitrogens with zero attached hydrogens (tertiary/aromatic N) is 6. The molecule has 7 nitrogen and oxygen atoms in total. The Balaban J connectivity index is 1.18. The lowest BCUT2D eigenvalue weighted by atomic mass is 10.0. The maximum absolute atomic E-state index is 13.6. The van der Waals surface area contributed by atoms with E-state index in [1.807, 2.05) is 108 Å². The number of hydrogen-bond acceptors (Lipinski definition) is 5. The van der Waals surface area contributed by atoms with E-state index in [4.69, 9.17) is 15.1 Å². The molecule has 3 heterocycles. The van der Waals surface area contributed by atoms with Crippen molar-refractivity contribution in [1.82, 2.24) is 24.6 Å². The normalized spacial score (nSPS) is 13.7. The summed E-state index contributed by atoms with van der Waals surface area (Å²) in [6.45, 7) is 4.82. The number of para-hydroxylation sites is 1. The Morgan fingerprint density at radius 3 is 2.09 bits per heavy atom. The van der Waals surface area contributed by atoms with Gasteiger partial charge in [0.15, 0.2) is 5.65 Å². The maximum atomic E-state index is 13.6. The van der Waals surface area contributed by atoms with E-state index in [1.54, 1.807) is 0 Å². The number of anilines is 1. The van der Waals surface area contributed by atoms with E-state index in [0.29, 0.717) is 31.6 Å². The largest absolute Gasteiger partial charge is 0.354 e. The molecule has 0 atom stereocenters. The van der Waals surface area contributed by atoms with Crippen molar-refractivity contribution in [3.8, 4) is 16.8 Å². The van der Waals surface area contributed by atoms with Gasteiger partial charge in [-0.3, -0.25) is 4.79 Å². The molecule has 1 amide bonds. The topological polar surface area (TPSA) is 67.2 Å². The molecule has 1 aliphatic heterocycles. The molecule has 1 aliphatic rings. The summed E-state index contributed by atoms with van der Waals surface area (Å²) in [7, 11) is 0. The molecule has 0 unspecified atom stereocenters. The number of fused-ring (bicyclic) bond motifs is 1. The third-order valence-electron chi connectivity index (χ3n) is 8.26. The highest BCUT2D eigenvalue weighted by molar-refractivity contribution is 5.95. The number of amides is 1. The first kappa shape index (κ1) is 27.5. The summed E-state index contributed by atoms with van der Waals surface area (Å²) < 4.78 is 1.93. The van der Waals surface area contributed by atoms with Crippen molar-refractivity contribution >= 4 is 22.8 Å². The van der Waals surface area contributed by atoms with Gasteiger partial charge >= 0.3 is 0 Å². The monoisotopic (exact) mass is 578 g/mol. The van der Waals surface area contributed by atoms with Gasteiger partial charge in [-0.2, -0.15) is 5.10 Å². The van der Waals surface area contributed by atoms with Crippen molar-refractivity contribution in [2.24, 2.45) is 0 Å². The third-order valence-corrected chi connectivity index (χ3v) is 8.26. The van der Waals surface area contributed by atoms with Crippen LogP contribution in [0.5, 0.6) is 0 Å². The average Bonchev–Trinajstić information content (AvgIpc) is 3.23. The first-order valence-electron chi connectivity index (χ1n) is 15.2. The zero-order chi connectivity index (χ0) is 29.9. The van der Waals surface area contributed by atoms with Crippen molar-refractivity contribution in [2.75, 3.05) is 31.1 Å². The number of carbonyl (C=O) groups is 1. The standard InChI is InChI=1S/C37H34N6O/c1-27-34-35(38-33(26-28-12-5-2-6-13-28)39-36(34)43(40-27)32-16-9-4-10-17-32)41-22-11-23-42(25-24-41)37(44)31-20-18-30(19-21-31)29-14-7-3-8-15-29/h2-10,12-21H,11,22-26H2,1H3. The predicted molar refractivity (Wildman–Crippen MR) is 175 cm³/mol. The number of benzene rings is 4. The van der Waals surface area contributed by atoms with Crippen molar-refractivity contribution < 1.29 is 4.79 Å². The van der Waals surface area contributed by atoms with Gasteiger partial charge in [0.05, 0.1) is 16.8 Å². The molecular formula is C37H34N6O. The van der Waals surface area contributed by atoms with Crippen molar-refractivity contribution in [1.29, 1.82) is 0 Å². The second-order valence-electron chi connectivity index (χ2n) is 11.2. The highest BCUT2D eigenvalue weighted by Gasteiger charge is 2.25. The minimum absolute atomic E-state index is 0.0668. The van der Waals surface area contributed by atoms with Crippen LogP contribution in [-0.4, -0.2) is 56.7 Å². The summed E-state index contributed by atoms with van der Waals surface area (Å²) in [4.78, 5) is 28.1. The molecule has 44 heavy (non-hydrogen) atoms. The first-order chi connectivity index (χ1) is 21.6. The van der Waals surface area contributed by atoms with Crippen LogP contribution >= 0.6 is 0 Å². The zero-order valence-electron chi connectivity index (χ0n) is 24.8. The van der Waals surface area contributed by atoms with Gasteiger partial charge in [0, 0.05) is 38.2 Å². The minimum Gasteiger partial charge on any atom is -0.354 e. The van der Waals surface area contributed by atoms with E-state index in [1.165, 1.54) is 0 Å². The molecule has 0 saturated carbocycles. The molecule has 0 aliphatic carbocycles. The summed E-state index contributed by atoms with van der Waals surface area (Å²) >= 11 is 0. The second-order valence-corrected chi connectivity index (χ2v) is 11.2. The van der Waals surface area contributed by atoms with Crippen LogP contribution in [0.2, 0.25) is 0 Å². The van der Waals surface area contributed by atoms with Crippen LogP contribution in [-0.2, 0) is 6.42 Å². The smallest absolute Gasteiger partial charge is 0.253 e. The Kier molecular flexibility index (Phi) is 7.59. The number of hydrogen-bond donors (Lipinski definition) is 0. The van der Waals surface area contributed by atoms with Crippen molar-refractivity contribution in [2.45, 2.75) is 19.8 Å². The fourth-order valence-electron chi connectivity index (χ4n) is 5.99. The van der Waals surface area contributed by atoms with Gasteiger partial charge in [-0.25, -0.2) is 14.6 Å². The van der Waals surface area contributed by atoms with E-state index < -0.39 is 0 Å². The summed E-state index contributed by atoms with van der Waals surface area (Å²) in [6.07, 6.45) is 1.47. The molecule has 7 rings (SSSR count). The quantitative estimate of drug-likeness (QED) is 0.219. The Bertz CT molecular complexity index is 1890. The van der Waals surface area contributed by atoms with Crippen LogP contribution in [0.15, 0.2) is 115 Å². The molecule has 1 saturated heterocycles. The molecule has 0 N–H and O–H groups in total. The van der Waals surface area contributed by atoms with Gasteiger partial charge in [0.25, 0.3) is 5.91 Å². The SMILES string of the molecule is Cc1nn(-c2ccccc2)c2nc(Cc3ccccc3)nc(N3CCCN(C(=O)c4ccc(-c5ccccc5)cc4)CC3)c12. The van der Waals surface area contributed by atoms with Gasteiger partial charge in [0.1, 0.15) is 11.6 Å². The zero-order valence-corrected chi connectivity index (χ0v) is 24.8. The van der Waals surface area contributed by atoms with Gasteiger partial charge in [0.2, 0.25) is 0 Å². The van der Waals surface area contributed by atoms with Gasteiger partial charge in [-0.15, -0.1) is 0 Å². The Hall–Kier alpha value is -5.30. The number of aryl methyl sites for hydroxylation is 1. The summed E-state index contributed by atoms with van der Waals surface area (Å²) in [6, 6.07) is 38.6. The average molecular weight is 579 g/mol. The minimum atomic E-state index is 0.0668. The molecule has 1 fully saturated rings. The van der Waals surface area contributed by atoms with Crippen LogP contribution < -0.4 is 4.90 Å². The highest BCUT2D eigenvalue weighted by atomic mass is 16.2. The van der Waals surface area contributed by atoms with E-state index in [2.05, 4.69) is 29.2 Å². The molecule has 0 bridgehead atoms. The van der Waals surface area contributed by atoms with E-state index in [9.17, 15) is 4.79 Å². The van der Waals surface area contributed by atoms with Crippen molar-refractivity contribution in [3.05, 3.63) is 138 Å². The molecule has 7 heteroatoms. The molecule has 6 aromatic rings. The highest BCUT2D eigenvalue weighted by Crippen LogP contribution is 2.30. The molecular weight excluding hydrogens is 544 g/mol. The van der Waals surface area contributed by atoms with E-state index in [0.717, 1.165) is 63.7 Å². The maximum Gasteiger partial charge on any atom is 0.253 e. The third kappa shape index (κ3) is 5.56. The van der Waals surface area contributed by atoms with Crippen LogP contribution in [0, 0.1) is 6.92 Å². The molecule has 218 valence electrons. The molecule has 2 aromatic heterocycles. The van der Waals surface area contributed by atoms with Gasteiger partial charge in [-0.05, 0) is 54.3 Å². The van der Waals surface area contributed by atoms with Crippen LogP contribution in [0.4, 0.5) is 5.82 Å². The van der Waals surface area contributed by atoms with Crippen molar-refractivity contribution in [3.63, 3.8) is 0 Å². The molecule has 0 spiro atoms. The Morgan fingerprint density at radius 2 is 1.36 bits per heavy atom. The first-order valence-corrected chi connectivity index (χ1v) is 15.2. The van der Waals surface area contributed by atoms with Crippen LogP contribution in [0.3, 0.4) is 0 Å². The number of aromatic nitrogens is 4. The Morgan fingerprint density at radius 1 is 0.705 bits per heavy atom. The van der Waals surface area contributed by atoms with E-state index in [-0.39, 0.29) is 5.91 Å². The lowest BCUT2D eigenvalue weighted by molar-refractivity contribution is 0.0767. The lowest BCUT2D eigenvalue weighted by Crippen LogP contribution is -2.35. The molecule has 4 aromatic carbocycles. The predicted octanol–water partition coefficient (Wildman–Crippen LogP) is 6.73. The summed E-state index contributed by atoms with van der Waals surface area (Å²) in [5, 5.41) is 5.88. The van der Waals surface area contributed by atoms with Crippen LogP contribution in [0.25, 0.3) is 27.8 Å².